The first kappa shape index (κ1) is 13.4. The molecule has 1 aliphatic rings. The van der Waals surface area contributed by atoms with Crippen molar-refractivity contribution in [3.05, 3.63) is 0 Å². The van der Waals surface area contributed by atoms with E-state index in [2.05, 4.69) is 10.6 Å². The van der Waals surface area contributed by atoms with Gasteiger partial charge in [-0.2, -0.15) is 0 Å². The van der Waals surface area contributed by atoms with Crippen LogP contribution in [0.4, 0.5) is 0 Å². The van der Waals surface area contributed by atoms with Crippen LogP contribution in [0.5, 0.6) is 0 Å². The lowest BCUT2D eigenvalue weighted by molar-refractivity contribution is -0.124. The first-order valence-electron chi connectivity index (χ1n) is 5.89. The molecule has 1 aliphatic heterocycles. The molecule has 1 amide bonds. The van der Waals surface area contributed by atoms with Gasteiger partial charge in [-0.15, -0.1) is 0 Å². The van der Waals surface area contributed by atoms with E-state index in [0.29, 0.717) is 26.4 Å². The van der Waals surface area contributed by atoms with Crippen molar-refractivity contribution in [1.82, 2.24) is 10.6 Å². The molecule has 0 aliphatic carbocycles. The molecule has 1 saturated heterocycles. The number of carbonyl (C=O) groups is 1. The lowest BCUT2D eigenvalue weighted by atomic mass is 10.1. The molecule has 0 saturated carbocycles. The maximum atomic E-state index is 11.6. The van der Waals surface area contributed by atoms with Crippen molar-refractivity contribution in [3.63, 3.8) is 0 Å². The van der Waals surface area contributed by atoms with Crippen molar-refractivity contribution >= 4 is 5.91 Å². The Bertz CT molecular complexity index is 194. The third-order valence-corrected chi connectivity index (χ3v) is 2.63. The van der Waals surface area contributed by atoms with Crippen LogP contribution in [0.2, 0.25) is 0 Å². The van der Waals surface area contributed by atoms with Gasteiger partial charge in [0.2, 0.25) is 5.91 Å². The fourth-order valence-corrected chi connectivity index (χ4v) is 1.65. The first-order chi connectivity index (χ1) is 7.84. The Morgan fingerprint density at radius 2 is 2.31 bits per heavy atom. The summed E-state index contributed by atoms with van der Waals surface area (Å²) in [7, 11) is 1.65. The second kappa shape index (κ2) is 8.50. The number of carbonyl (C=O) groups excluding carboxylic acids is 1. The average Bonchev–Trinajstić information content (AvgIpc) is 2.81. The highest BCUT2D eigenvalue weighted by atomic mass is 16.5. The Hall–Kier alpha value is -0.650. The smallest absolute Gasteiger partial charge is 0.224 e. The van der Waals surface area contributed by atoms with Gasteiger partial charge in [0.05, 0.1) is 19.1 Å². The molecule has 94 valence electrons. The molecule has 0 aromatic rings. The number of hydrogen-bond donors (Lipinski definition) is 2. The van der Waals surface area contributed by atoms with Gasteiger partial charge >= 0.3 is 0 Å². The molecular weight excluding hydrogens is 208 g/mol. The van der Waals surface area contributed by atoms with Crippen LogP contribution in [0.15, 0.2) is 0 Å². The Balaban J connectivity index is 1.88. The van der Waals surface area contributed by atoms with Crippen LogP contribution in [-0.4, -0.2) is 52.5 Å². The molecule has 0 radical (unpaired) electrons. The maximum absolute atomic E-state index is 11.6. The van der Waals surface area contributed by atoms with Gasteiger partial charge in [0.25, 0.3) is 0 Å². The van der Waals surface area contributed by atoms with Crippen LogP contribution in [0.25, 0.3) is 0 Å². The van der Waals surface area contributed by atoms with Crippen molar-refractivity contribution in [1.29, 1.82) is 0 Å². The number of hydrogen-bond acceptors (Lipinski definition) is 4. The molecule has 1 heterocycles. The molecule has 0 aromatic carbocycles. The molecule has 5 nitrogen and oxygen atoms in total. The lowest BCUT2D eigenvalue weighted by Crippen LogP contribution is -2.33. The highest BCUT2D eigenvalue weighted by molar-refractivity contribution is 5.79. The van der Waals surface area contributed by atoms with Gasteiger partial charge in [0.1, 0.15) is 0 Å². The summed E-state index contributed by atoms with van der Waals surface area (Å²) in [5, 5.41) is 6.10. The van der Waals surface area contributed by atoms with Gasteiger partial charge in [0, 0.05) is 26.8 Å². The van der Waals surface area contributed by atoms with Crippen molar-refractivity contribution < 1.29 is 14.3 Å². The minimum Gasteiger partial charge on any atom is -0.382 e. The summed E-state index contributed by atoms with van der Waals surface area (Å²) < 4.78 is 10.1. The van der Waals surface area contributed by atoms with E-state index >= 15 is 0 Å². The van der Waals surface area contributed by atoms with Gasteiger partial charge in [0.15, 0.2) is 0 Å². The molecule has 2 N–H and O–H groups in total. The molecule has 16 heavy (non-hydrogen) atoms. The van der Waals surface area contributed by atoms with Crippen LogP contribution in [0.3, 0.4) is 0 Å². The van der Waals surface area contributed by atoms with E-state index < -0.39 is 0 Å². The van der Waals surface area contributed by atoms with E-state index in [1.807, 2.05) is 0 Å². The summed E-state index contributed by atoms with van der Waals surface area (Å²) in [4.78, 5) is 11.6. The predicted molar refractivity (Wildman–Crippen MR) is 61.3 cm³/mol. The third-order valence-electron chi connectivity index (χ3n) is 2.63. The molecule has 1 unspecified atom stereocenters. The topological polar surface area (TPSA) is 59.6 Å². The summed E-state index contributed by atoms with van der Waals surface area (Å²) in [6.07, 6.45) is 1.81. The number of rotatable bonds is 8. The van der Waals surface area contributed by atoms with Gasteiger partial charge < -0.3 is 20.1 Å². The molecule has 0 spiro atoms. The van der Waals surface area contributed by atoms with Gasteiger partial charge in [-0.25, -0.2) is 0 Å². The zero-order valence-electron chi connectivity index (χ0n) is 9.96. The summed E-state index contributed by atoms with van der Waals surface area (Å²) in [5.74, 6) is 0.330. The Kier molecular flexibility index (Phi) is 7.12. The predicted octanol–water partition coefficient (Wildman–Crippen LogP) is -0.235. The number of nitrogens with one attached hydrogen (secondary N) is 2. The van der Waals surface area contributed by atoms with E-state index in [0.717, 1.165) is 25.9 Å². The standard InChI is InChI=1S/C11H22N2O3/c1-15-7-8-16-6-2-4-13-11(14)10-3-5-12-9-10/h10,12H,2-9H2,1H3,(H,13,14). The van der Waals surface area contributed by atoms with Crippen LogP contribution in [0, 0.1) is 5.92 Å². The quantitative estimate of drug-likeness (QED) is 0.565. The van der Waals surface area contributed by atoms with E-state index in [-0.39, 0.29) is 11.8 Å². The second-order valence-electron chi connectivity index (χ2n) is 3.94. The Morgan fingerprint density at radius 1 is 1.44 bits per heavy atom. The third kappa shape index (κ3) is 5.44. The number of ether oxygens (including phenoxy) is 2. The summed E-state index contributed by atoms with van der Waals surface area (Å²) in [6.45, 7) is 4.39. The van der Waals surface area contributed by atoms with Crippen molar-refractivity contribution in [3.8, 4) is 0 Å². The minimum atomic E-state index is 0.161. The molecule has 0 bridgehead atoms. The zero-order chi connectivity index (χ0) is 11.6. The van der Waals surface area contributed by atoms with Crippen molar-refractivity contribution in [2.45, 2.75) is 12.8 Å². The van der Waals surface area contributed by atoms with E-state index in [1.165, 1.54) is 0 Å². The van der Waals surface area contributed by atoms with Crippen molar-refractivity contribution in [2.24, 2.45) is 5.92 Å². The SMILES string of the molecule is COCCOCCCNC(=O)C1CCNC1. The minimum absolute atomic E-state index is 0.161. The average molecular weight is 230 g/mol. The molecule has 1 rings (SSSR count). The maximum Gasteiger partial charge on any atom is 0.224 e. The number of amides is 1. The lowest BCUT2D eigenvalue weighted by Gasteiger charge is -2.09. The van der Waals surface area contributed by atoms with Crippen LogP contribution < -0.4 is 10.6 Å². The molecular formula is C11H22N2O3. The second-order valence-corrected chi connectivity index (χ2v) is 3.94. The number of methoxy groups -OCH3 is 1. The summed E-state index contributed by atoms with van der Waals surface area (Å²) >= 11 is 0. The molecule has 1 atom stereocenters. The molecule has 0 aromatic heterocycles. The summed E-state index contributed by atoms with van der Waals surface area (Å²) in [5.41, 5.74) is 0. The van der Waals surface area contributed by atoms with Crippen LogP contribution >= 0.6 is 0 Å². The van der Waals surface area contributed by atoms with Crippen LogP contribution in [-0.2, 0) is 14.3 Å². The highest BCUT2D eigenvalue weighted by Crippen LogP contribution is 2.06. The van der Waals surface area contributed by atoms with E-state index in [1.54, 1.807) is 7.11 Å². The monoisotopic (exact) mass is 230 g/mol. The van der Waals surface area contributed by atoms with Gasteiger partial charge in [-0.05, 0) is 19.4 Å². The van der Waals surface area contributed by atoms with Crippen LogP contribution in [0.1, 0.15) is 12.8 Å². The van der Waals surface area contributed by atoms with Crippen molar-refractivity contribution in [2.75, 3.05) is 46.6 Å². The Labute approximate surface area is 96.9 Å². The summed E-state index contributed by atoms with van der Waals surface area (Å²) in [6, 6.07) is 0. The van der Waals surface area contributed by atoms with E-state index in [9.17, 15) is 4.79 Å². The fraction of sp³-hybridized carbons (Fsp3) is 0.909. The normalized spacial score (nSPS) is 19.9. The van der Waals surface area contributed by atoms with E-state index in [4.69, 9.17) is 9.47 Å². The largest absolute Gasteiger partial charge is 0.382 e. The first-order valence-corrected chi connectivity index (χ1v) is 5.89. The highest BCUT2D eigenvalue weighted by Gasteiger charge is 2.21. The van der Waals surface area contributed by atoms with Gasteiger partial charge in [-0.3, -0.25) is 4.79 Å². The zero-order valence-corrected chi connectivity index (χ0v) is 9.96. The van der Waals surface area contributed by atoms with Gasteiger partial charge in [-0.1, -0.05) is 0 Å². The fourth-order valence-electron chi connectivity index (χ4n) is 1.65. The molecule has 1 fully saturated rings. The molecule has 5 heteroatoms. The Morgan fingerprint density at radius 3 is 3.00 bits per heavy atom.